The van der Waals surface area contributed by atoms with Crippen molar-refractivity contribution >= 4 is 5.97 Å². The van der Waals surface area contributed by atoms with Crippen molar-refractivity contribution in [3.05, 3.63) is 0 Å². The molecule has 1 saturated carbocycles. The molecule has 0 spiro atoms. The Morgan fingerprint density at radius 3 is 2.14 bits per heavy atom. The molecular formula is C11H21NO2. The van der Waals surface area contributed by atoms with Gasteiger partial charge in [0.15, 0.2) is 0 Å². The minimum absolute atomic E-state index is 0.136. The highest BCUT2D eigenvalue weighted by Gasteiger charge is 2.43. The lowest BCUT2D eigenvalue weighted by molar-refractivity contribution is -0.141. The van der Waals surface area contributed by atoms with Gasteiger partial charge in [0.25, 0.3) is 0 Å². The van der Waals surface area contributed by atoms with Crippen LogP contribution in [0.15, 0.2) is 0 Å². The topological polar surface area (TPSA) is 49.3 Å². The molecule has 1 fully saturated rings. The second-order valence-corrected chi connectivity index (χ2v) is 5.10. The third kappa shape index (κ3) is 2.47. The van der Waals surface area contributed by atoms with Crippen LogP contribution in [-0.4, -0.2) is 23.2 Å². The van der Waals surface area contributed by atoms with Gasteiger partial charge in [0.1, 0.15) is 6.04 Å². The van der Waals surface area contributed by atoms with Gasteiger partial charge in [0.2, 0.25) is 0 Å². The van der Waals surface area contributed by atoms with Gasteiger partial charge >= 0.3 is 5.97 Å². The Kier molecular flexibility index (Phi) is 3.20. The lowest BCUT2D eigenvalue weighted by atomic mass is 9.97. The van der Waals surface area contributed by atoms with E-state index in [4.69, 9.17) is 5.11 Å². The molecule has 0 aromatic carbocycles. The standard InChI is InChI=1S/C11H21NO2/c1-7(2)9(10(13)14)12-8(3)11(4)5-6-11/h7-9,12H,5-6H2,1-4H3,(H,13,14). The summed E-state index contributed by atoms with van der Waals surface area (Å²) in [5.41, 5.74) is 0.336. The van der Waals surface area contributed by atoms with Crippen molar-refractivity contribution in [2.75, 3.05) is 0 Å². The molecule has 1 rings (SSSR count). The van der Waals surface area contributed by atoms with Gasteiger partial charge in [0, 0.05) is 6.04 Å². The normalized spacial score (nSPS) is 23.2. The maximum Gasteiger partial charge on any atom is 0.320 e. The van der Waals surface area contributed by atoms with Crippen LogP contribution in [0, 0.1) is 11.3 Å². The number of carboxylic acid groups (broad SMARTS) is 1. The Morgan fingerprint density at radius 1 is 1.36 bits per heavy atom. The average molecular weight is 199 g/mol. The van der Waals surface area contributed by atoms with Crippen molar-refractivity contribution in [3.8, 4) is 0 Å². The van der Waals surface area contributed by atoms with Crippen LogP contribution in [0.2, 0.25) is 0 Å². The fourth-order valence-corrected chi connectivity index (χ4v) is 1.65. The van der Waals surface area contributed by atoms with E-state index >= 15 is 0 Å². The van der Waals surface area contributed by atoms with Crippen LogP contribution in [0.4, 0.5) is 0 Å². The predicted molar refractivity (Wildman–Crippen MR) is 56.2 cm³/mol. The highest BCUT2D eigenvalue weighted by molar-refractivity contribution is 5.73. The van der Waals surface area contributed by atoms with E-state index in [1.807, 2.05) is 13.8 Å². The maximum absolute atomic E-state index is 11.0. The molecule has 0 aromatic rings. The van der Waals surface area contributed by atoms with Gasteiger partial charge in [-0.1, -0.05) is 20.8 Å². The Labute approximate surface area is 85.9 Å². The first-order valence-corrected chi connectivity index (χ1v) is 5.35. The van der Waals surface area contributed by atoms with Gasteiger partial charge in [-0.25, -0.2) is 0 Å². The Balaban J connectivity index is 2.51. The van der Waals surface area contributed by atoms with Gasteiger partial charge < -0.3 is 10.4 Å². The molecule has 2 N–H and O–H groups in total. The zero-order valence-corrected chi connectivity index (χ0v) is 9.50. The Hall–Kier alpha value is -0.570. The molecule has 0 radical (unpaired) electrons. The summed E-state index contributed by atoms with van der Waals surface area (Å²) in [4.78, 5) is 11.0. The first-order chi connectivity index (χ1) is 6.37. The number of carbonyl (C=O) groups is 1. The zero-order chi connectivity index (χ0) is 10.9. The molecule has 0 aliphatic heterocycles. The molecule has 0 heterocycles. The van der Waals surface area contributed by atoms with Gasteiger partial charge in [-0.05, 0) is 31.1 Å². The summed E-state index contributed by atoms with van der Waals surface area (Å²) in [7, 11) is 0. The molecule has 14 heavy (non-hydrogen) atoms. The van der Waals surface area contributed by atoms with Crippen LogP contribution in [-0.2, 0) is 4.79 Å². The summed E-state index contributed by atoms with van der Waals surface area (Å²) in [6.07, 6.45) is 2.43. The summed E-state index contributed by atoms with van der Waals surface area (Å²) < 4.78 is 0. The SMILES string of the molecule is CC(C)C(NC(C)C1(C)CC1)C(=O)O. The number of hydrogen-bond donors (Lipinski definition) is 2. The minimum atomic E-state index is -0.740. The number of nitrogens with one attached hydrogen (secondary N) is 1. The maximum atomic E-state index is 11.0. The van der Waals surface area contributed by atoms with Crippen LogP contribution in [0.5, 0.6) is 0 Å². The monoisotopic (exact) mass is 199 g/mol. The number of hydrogen-bond acceptors (Lipinski definition) is 2. The van der Waals surface area contributed by atoms with Gasteiger partial charge in [-0.3, -0.25) is 4.79 Å². The van der Waals surface area contributed by atoms with E-state index < -0.39 is 12.0 Å². The van der Waals surface area contributed by atoms with Crippen LogP contribution < -0.4 is 5.32 Å². The fraction of sp³-hybridized carbons (Fsp3) is 0.909. The van der Waals surface area contributed by atoms with E-state index in [2.05, 4.69) is 19.2 Å². The third-order valence-corrected chi connectivity index (χ3v) is 3.45. The average Bonchev–Trinajstić information content (AvgIpc) is 2.79. The second kappa shape index (κ2) is 3.89. The molecule has 2 unspecified atom stereocenters. The van der Waals surface area contributed by atoms with Crippen LogP contribution in [0.1, 0.15) is 40.5 Å². The molecule has 0 aromatic heterocycles. The van der Waals surface area contributed by atoms with Gasteiger partial charge in [0.05, 0.1) is 0 Å². The van der Waals surface area contributed by atoms with E-state index in [0.29, 0.717) is 11.5 Å². The summed E-state index contributed by atoms with van der Waals surface area (Å²) in [5, 5.41) is 12.2. The predicted octanol–water partition coefficient (Wildman–Crippen LogP) is 1.87. The highest BCUT2D eigenvalue weighted by Crippen LogP contribution is 2.48. The van der Waals surface area contributed by atoms with E-state index in [1.54, 1.807) is 0 Å². The van der Waals surface area contributed by atoms with Gasteiger partial charge in [-0.15, -0.1) is 0 Å². The first-order valence-electron chi connectivity index (χ1n) is 5.35. The van der Waals surface area contributed by atoms with Crippen molar-refractivity contribution in [2.24, 2.45) is 11.3 Å². The molecule has 2 atom stereocenters. The van der Waals surface area contributed by atoms with Crippen LogP contribution in [0.25, 0.3) is 0 Å². The molecule has 3 heteroatoms. The number of rotatable bonds is 5. The molecule has 82 valence electrons. The fourth-order valence-electron chi connectivity index (χ4n) is 1.65. The Morgan fingerprint density at radius 2 is 1.86 bits per heavy atom. The summed E-state index contributed by atoms with van der Waals surface area (Å²) in [6, 6.07) is -0.117. The number of aliphatic carboxylic acids is 1. The van der Waals surface area contributed by atoms with E-state index in [1.165, 1.54) is 12.8 Å². The lowest BCUT2D eigenvalue weighted by Gasteiger charge is -2.27. The van der Waals surface area contributed by atoms with Crippen LogP contribution >= 0.6 is 0 Å². The molecular weight excluding hydrogens is 178 g/mol. The first kappa shape index (κ1) is 11.5. The second-order valence-electron chi connectivity index (χ2n) is 5.10. The summed E-state index contributed by atoms with van der Waals surface area (Å²) >= 11 is 0. The molecule has 0 saturated heterocycles. The summed E-state index contributed by atoms with van der Waals surface area (Å²) in [5.74, 6) is -0.603. The van der Waals surface area contributed by atoms with Crippen molar-refractivity contribution < 1.29 is 9.90 Å². The van der Waals surface area contributed by atoms with Crippen molar-refractivity contribution in [1.82, 2.24) is 5.32 Å². The largest absolute Gasteiger partial charge is 0.480 e. The number of carboxylic acids is 1. The molecule has 1 aliphatic rings. The van der Waals surface area contributed by atoms with E-state index in [-0.39, 0.29) is 5.92 Å². The van der Waals surface area contributed by atoms with Crippen molar-refractivity contribution in [3.63, 3.8) is 0 Å². The molecule has 1 aliphatic carbocycles. The molecule has 0 amide bonds. The van der Waals surface area contributed by atoms with Crippen molar-refractivity contribution in [1.29, 1.82) is 0 Å². The zero-order valence-electron chi connectivity index (χ0n) is 9.50. The lowest BCUT2D eigenvalue weighted by Crippen LogP contribution is -2.48. The van der Waals surface area contributed by atoms with E-state index in [0.717, 1.165) is 0 Å². The molecule has 0 bridgehead atoms. The van der Waals surface area contributed by atoms with Gasteiger partial charge in [-0.2, -0.15) is 0 Å². The molecule has 3 nitrogen and oxygen atoms in total. The quantitative estimate of drug-likeness (QED) is 0.710. The highest BCUT2D eigenvalue weighted by atomic mass is 16.4. The van der Waals surface area contributed by atoms with Crippen LogP contribution in [0.3, 0.4) is 0 Å². The third-order valence-electron chi connectivity index (χ3n) is 3.45. The van der Waals surface area contributed by atoms with E-state index in [9.17, 15) is 4.79 Å². The smallest absolute Gasteiger partial charge is 0.320 e. The summed E-state index contributed by atoms with van der Waals surface area (Å²) in [6.45, 7) is 8.18. The Bertz CT molecular complexity index is 221. The van der Waals surface area contributed by atoms with Crippen molar-refractivity contribution in [2.45, 2.75) is 52.6 Å². The minimum Gasteiger partial charge on any atom is -0.480 e.